The molecule has 0 radical (unpaired) electrons. The lowest BCUT2D eigenvalue weighted by Crippen LogP contribution is -2.09. The highest BCUT2D eigenvalue weighted by molar-refractivity contribution is 5.66. The lowest BCUT2D eigenvalue weighted by Gasteiger charge is -2.12. The van der Waals surface area contributed by atoms with Crippen LogP contribution >= 0.6 is 0 Å². The highest BCUT2D eigenvalue weighted by atomic mass is 16.5. The van der Waals surface area contributed by atoms with Gasteiger partial charge in [0, 0.05) is 6.54 Å². The molecule has 1 heterocycles. The van der Waals surface area contributed by atoms with Crippen molar-refractivity contribution in [1.29, 1.82) is 0 Å². The van der Waals surface area contributed by atoms with Crippen LogP contribution in [-0.4, -0.2) is 16.6 Å². The molecular weight excluding hydrogens is 240 g/mol. The maximum absolute atomic E-state index is 5.99. The predicted octanol–water partition coefficient (Wildman–Crippen LogP) is 2.38. The minimum atomic E-state index is 0.436. The number of nitrogens with one attached hydrogen (secondary N) is 1. The first-order valence-corrected chi connectivity index (χ1v) is 6.25. The fourth-order valence-corrected chi connectivity index (χ4v) is 1.72. The van der Waals surface area contributed by atoms with E-state index in [1.165, 1.54) is 0 Å². The summed E-state index contributed by atoms with van der Waals surface area (Å²) in [5, 5.41) is 3.21. The van der Waals surface area contributed by atoms with Gasteiger partial charge in [0.05, 0.1) is 6.61 Å². The highest BCUT2D eigenvalue weighted by Gasteiger charge is 2.10. The van der Waals surface area contributed by atoms with Gasteiger partial charge in [-0.25, -0.2) is 4.98 Å². The van der Waals surface area contributed by atoms with E-state index in [1.54, 1.807) is 0 Å². The Morgan fingerprint density at radius 2 is 1.95 bits per heavy atom. The number of ether oxygens (including phenoxy) is 1. The van der Waals surface area contributed by atoms with Gasteiger partial charge in [-0.2, -0.15) is 4.98 Å². The first kappa shape index (κ1) is 13.1. The minimum Gasteiger partial charge on any atom is -0.476 e. The largest absolute Gasteiger partial charge is 0.476 e. The quantitative estimate of drug-likeness (QED) is 0.861. The summed E-state index contributed by atoms with van der Waals surface area (Å²) in [6.07, 6.45) is 0. The summed E-state index contributed by atoms with van der Waals surface area (Å²) in [5.74, 6) is 1.68. The van der Waals surface area contributed by atoms with Crippen LogP contribution in [0, 0.1) is 6.92 Å². The van der Waals surface area contributed by atoms with Crippen LogP contribution < -0.4 is 15.8 Å². The van der Waals surface area contributed by atoms with Gasteiger partial charge in [0.25, 0.3) is 0 Å². The number of anilines is 2. The van der Waals surface area contributed by atoms with E-state index < -0.39 is 0 Å². The average Bonchev–Trinajstić information content (AvgIpc) is 2.42. The number of rotatable bonds is 5. The van der Waals surface area contributed by atoms with Crippen molar-refractivity contribution in [3.8, 4) is 5.88 Å². The van der Waals surface area contributed by atoms with Crippen molar-refractivity contribution in [2.45, 2.75) is 20.4 Å². The van der Waals surface area contributed by atoms with E-state index in [4.69, 9.17) is 10.5 Å². The lowest BCUT2D eigenvalue weighted by atomic mass is 10.2. The van der Waals surface area contributed by atoms with E-state index in [0.29, 0.717) is 36.4 Å². The van der Waals surface area contributed by atoms with Crippen LogP contribution in [0.3, 0.4) is 0 Å². The van der Waals surface area contributed by atoms with E-state index in [1.807, 2.05) is 44.2 Å². The number of aromatic nitrogens is 2. The first-order valence-electron chi connectivity index (χ1n) is 6.25. The summed E-state index contributed by atoms with van der Waals surface area (Å²) < 4.78 is 5.39. The number of hydrogen-bond donors (Lipinski definition) is 2. The van der Waals surface area contributed by atoms with Crippen molar-refractivity contribution in [2.24, 2.45) is 0 Å². The smallest absolute Gasteiger partial charge is 0.242 e. The Bertz CT molecular complexity index is 543. The van der Waals surface area contributed by atoms with Crippen molar-refractivity contribution in [3.63, 3.8) is 0 Å². The normalized spacial score (nSPS) is 10.2. The molecule has 0 amide bonds. The Morgan fingerprint density at radius 3 is 2.63 bits per heavy atom. The Balaban J connectivity index is 2.16. The molecule has 2 aromatic rings. The lowest BCUT2D eigenvalue weighted by molar-refractivity contribution is 0.327. The van der Waals surface area contributed by atoms with E-state index >= 15 is 0 Å². The molecule has 0 atom stereocenters. The van der Waals surface area contributed by atoms with Crippen LogP contribution in [0.25, 0.3) is 0 Å². The van der Waals surface area contributed by atoms with Crippen molar-refractivity contribution in [2.75, 3.05) is 17.7 Å². The summed E-state index contributed by atoms with van der Waals surface area (Å²) >= 11 is 0. The molecule has 0 bridgehead atoms. The van der Waals surface area contributed by atoms with Gasteiger partial charge in [0.2, 0.25) is 5.88 Å². The molecule has 0 aliphatic carbocycles. The highest BCUT2D eigenvalue weighted by Crippen LogP contribution is 2.26. The Hall–Kier alpha value is -2.30. The zero-order valence-electron chi connectivity index (χ0n) is 11.2. The van der Waals surface area contributed by atoms with Crippen LogP contribution in [0.1, 0.15) is 18.3 Å². The average molecular weight is 258 g/mol. The van der Waals surface area contributed by atoms with Crippen LogP contribution in [0.15, 0.2) is 30.3 Å². The molecule has 0 saturated heterocycles. The minimum absolute atomic E-state index is 0.436. The maximum Gasteiger partial charge on any atom is 0.242 e. The Labute approximate surface area is 112 Å². The molecule has 100 valence electrons. The van der Waals surface area contributed by atoms with Crippen molar-refractivity contribution < 1.29 is 4.74 Å². The van der Waals surface area contributed by atoms with E-state index in [9.17, 15) is 0 Å². The topological polar surface area (TPSA) is 73.1 Å². The molecule has 0 spiro atoms. The monoisotopic (exact) mass is 258 g/mol. The SMILES string of the molecule is CCOc1nc(C)nc(NCc2ccccc2)c1N. The molecule has 0 saturated carbocycles. The van der Waals surface area contributed by atoms with Gasteiger partial charge in [0.1, 0.15) is 11.5 Å². The second kappa shape index (κ2) is 6.04. The van der Waals surface area contributed by atoms with Gasteiger partial charge in [-0.05, 0) is 19.4 Å². The third-order valence-corrected chi connectivity index (χ3v) is 2.61. The number of hydrogen-bond acceptors (Lipinski definition) is 5. The molecule has 3 N–H and O–H groups in total. The third kappa shape index (κ3) is 3.34. The van der Waals surface area contributed by atoms with Crippen molar-refractivity contribution in [3.05, 3.63) is 41.7 Å². The van der Waals surface area contributed by atoms with Crippen LogP contribution in [0.2, 0.25) is 0 Å². The van der Waals surface area contributed by atoms with E-state index in [0.717, 1.165) is 5.56 Å². The Morgan fingerprint density at radius 1 is 1.21 bits per heavy atom. The second-order valence-electron chi connectivity index (χ2n) is 4.11. The molecule has 5 nitrogen and oxygen atoms in total. The zero-order valence-corrected chi connectivity index (χ0v) is 11.2. The van der Waals surface area contributed by atoms with Gasteiger partial charge in [-0.15, -0.1) is 0 Å². The summed E-state index contributed by atoms with van der Waals surface area (Å²) in [6.45, 7) is 4.90. The van der Waals surface area contributed by atoms with E-state index in [-0.39, 0.29) is 0 Å². The van der Waals surface area contributed by atoms with Crippen LogP contribution in [0.4, 0.5) is 11.5 Å². The molecular formula is C14H18N4O. The molecule has 0 unspecified atom stereocenters. The fraction of sp³-hybridized carbons (Fsp3) is 0.286. The molecule has 1 aromatic carbocycles. The Kier molecular flexibility index (Phi) is 4.18. The van der Waals surface area contributed by atoms with Crippen LogP contribution in [0.5, 0.6) is 5.88 Å². The second-order valence-corrected chi connectivity index (χ2v) is 4.11. The maximum atomic E-state index is 5.99. The summed E-state index contributed by atoms with van der Waals surface area (Å²) in [7, 11) is 0. The summed E-state index contributed by atoms with van der Waals surface area (Å²) in [5.41, 5.74) is 7.60. The summed E-state index contributed by atoms with van der Waals surface area (Å²) in [4.78, 5) is 8.48. The molecule has 0 fully saturated rings. The molecule has 2 rings (SSSR count). The molecule has 0 aliphatic heterocycles. The molecule has 19 heavy (non-hydrogen) atoms. The molecule has 1 aromatic heterocycles. The predicted molar refractivity (Wildman–Crippen MR) is 76.1 cm³/mol. The number of nitrogen functional groups attached to an aromatic ring is 1. The first-order chi connectivity index (χ1) is 9.20. The molecule has 5 heteroatoms. The third-order valence-electron chi connectivity index (χ3n) is 2.61. The van der Waals surface area contributed by atoms with Crippen molar-refractivity contribution in [1.82, 2.24) is 9.97 Å². The fourth-order valence-electron chi connectivity index (χ4n) is 1.72. The van der Waals surface area contributed by atoms with E-state index in [2.05, 4.69) is 15.3 Å². The number of nitrogens with zero attached hydrogens (tertiary/aromatic N) is 2. The zero-order chi connectivity index (χ0) is 13.7. The van der Waals surface area contributed by atoms with Gasteiger partial charge >= 0.3 is 0 Å². The van der Waals surface area contributed by atoms with Crippen molar-refractivity contribution >= 4 is 11.5 Å². The molecule has 0 aliphatic rings. The number of nitrogens with two attached hydrogens (primary N) is 1. The van der Waals surface area contributed by atoms with Gasteiger partial charge < -0.3 is 15.8 Å². The number of benzene rings is 1. The van der Waals surface area contributed by atoms with Crippen LogP contribution in [-0.2, 0) is 6.54 Å². The summed E-state index contributed by atoms with van der Waals surface area (Å²) in [6, 6.07) is 10.1. The standard InChI is InChI=1S/C14H18N4O/c1-3-19-14-12(15)13(17-10(2)18-14)16-9-11-7-5-4-6-8-11/h4-8H,3,9,15H2,1-2H3,(H,16,17,18). The van der Waals surface area contributed by atoms with Gasteiger partial charge in [-0.1, -0.05) is 30.3 Å². The van der Waals surface area contributed by atoms with Gasteiger partial charge in [0.15, 0.2) is 5.82 Å². The van der Waals surface area contributed by atoms with Gasteiger partial charge in [-0.3, -0.25) is 0 Å². The number of aryl methyl sites for hydroxylation is 1.